The standard InChI is InChI=1S/C14H20FNO2.C2H6/c1-10(2)13(7-11(3)15)18-9-12-5-6-16(4)14(17)8-12;1-2/h7,12H,1,3,5-6,8-9H2,2,4H3;1-2H3/b13-7+;. The highest BCUT2D eigenvalue weighted by atomic mass is 19.1. The lowest BCUT2D eigenvalue weighted by Gasteiger charge is -2.28. The molecule has 1 heterocycles. The molecule has 1 rings (SSSR count). The van der Waals surface area contributed by atoms with Crippen LogP contribution in [0, 0.1) is 5.92 Å². The largest absolute Gasteiger partial charge is 0.493 e. The summed E-state index contributed by atoms with van der Waals surface area (Å²) in [4.78, 5) is 13.2. The molecule has 114 valence electrons. The van der Waals surface area contributed by atoms with Crippen LogP contribution in [0.25, 0.3) is 0 Å². The summed E-state index contributed by atoms with van der Waals surface area (Å²) in [6.07, 6.45) is 2.61. The Kier molecular flexibility index (Phi) is 8.61. The lowest BCUT2D eigenvalue weighted by Crippen LogP contribution is -2.36. The van der Waals surface area contributed by atoms with E-state index in [4.69, 9.17) is 4.74 Å². The first-order chi connectivity index (χ1) is 9.40. The summed E-state index contributed by atoms with van der Waals surface area (Å²) in [6.45, 7) is 13.8. The molecule has 1 unspecified atom stereocenters. The van der Waals surface area contributed by atoms with E-state index in [0.29, 0.717) is 24.4 Å². The van der Waals surface area contributed by atoms with Crippen molar-refractivity contribution >= 4 is 5.91 Å². The molecule has 1 atom stereocenters. The summed E-state index contributed by atoms with van der Waals surface area (Å²) in [7, 11) is 1.80. The lowest BCUT2D eigenvalue weighted by molar-refractivity contribution is -0.134. The predicted octanol–water partition coefficient (Wildman–Crippen LogP) is 3.84. The van der Waals surface area contributed by atoms with Crippen molar-refractivity contribution in [3.8, 4) is 0 Å². The summed E-state index contributed by atoms with van der Waals surface area (Å²) in [5.74, 6) is 0.149. The number of rotatable bonds is 5. The van der Waals surface area contributed by atoms with E-state index < -0.39 is 5.83 Å². The fourth-order valence-electron chi connectivity index (χ4n) is 1.79. The molecular formula is C16H26FNO2. The van der Waals surface area contributed by atoms with Crippen molar-refractivity contribution < 1.29 is 13.9 Å². The van der Waals surface area contributed by atoms with Crippen molar-refractivity contribution in [1.29, 1.82) is 0 Å². The average Bonchev–Trinajstić information content (AvgIpc) is 2.40. The van der Waals surface area contributed by atoms with E-state index >= 15 is 0 Å². The molecule has 1 saturated heterocycles. The van der Waals surface area contributed by atoms with Crippen LogP contribution < -0.4 is 0 Å². The number of allylic oxidation sites excluding steroid dienone is 3. The second-order valence-corrected chi connectivity index (χ2v) is 4.72. The van der Waals surface area contributed by atoms with Crippen LogP contribution in [0.2, 0.25) is 0 Å². The normalized spacial score (nSPS) is 19.1. The molecule has 1 aliphatic rings. The van der Waals surface area contributed by atoms with Gasteiger partial charge in [-0.2, -0.15) is 0 Å². The van der Waals surface area contributed by atoms with Crippen molar-refractivity contribution in [3.05, 3.63) is 36.4 Å². The predicted molar refractivity (Wildman–Crippen MR) is 80.8 cm³/mol. The zero-order valence-corrected chi connectivity index (χ0v) is 13.0. The highest BCUT2D eigenvalue weighted by molar-refractivity contribution is 5.76. The van der Waals surface area contributed by atoms with Gasteiger partial charge in [0.15, 0.2) is 0 Å². The highest BCUT2D eigenvalue weighted by Crippen LogP contribution is 2.20. The molecule has 0 radical (unpaired) electrons. The fourth-order valence-corrected chi connectivity index (χ4v) is 1.79. The number of carbonyl (C=O) groups excluding carboxylic acids is 1. The van der Waals surface area contributed by atoms with Crippen molar-refractivity contribution in [2.75, 3.05) is 20.2 Å². The molecule has 0 aliphatic carbocycles. The van der Waals surface area contributed by atoms with Crippen LogP contribution in [0.5, 0.6) is 0 Å². The van der Waals surface area contributed by atoms with Crippen LogP contribution in [0.15, 0.2) is 36.4 Å². The number of halogens is 1. The minimum Gasteiger partial charge on any atom is -0.493 e. The molecule has 0 N–H and O–H groups in total. The van der Waals surface area contributed by atoms with Gasteiger partial charge >= 0.3 is 0 Å². The van der Waals surface area contributed by atoms with E-state index in [2.05, 4.69) is 13.2 Å². The zero-order valence-electron chi connectivity index (χ0n) is 13.0. The number of amides is 1. The smallest absolute Gasteiger partial charge is 0.222 e. The summed E-state index contributed by atoms with van der Waals surface area (Å²) in [5, 5.41) is 0. The van der Waals surface area contributed by atoms with Gasteiger partial charge in [0.25, 0.3) is 0 Å². The SMILES string of the molecule is C=C(F)/C=C(/OCC1CCN(C)C(=O)C1)C(=C)C.CC. The van der Waals surface area contributed by atoms with E-state index in [1.807, 2.05) is 13.8 Å². The number of carbonyl (C=O) groups is 1. The van der Waals surface area contributed by atoms with Gasteiger partial charge in [-0.1, -0.05) is 27.0 Å². The summed E-state index contributed by atoms with van der Waals surface area (Å²) in [5.41, 5.74) is 0.646. The number of hydrogen-bond donors (Lipinski definition) is 0. The Morgan fingerprint density at radius 1 is 1.50 bits per heavy atom. The Balaban J connectivity index is 0.00000172. The van der Waals surface area contributed by atoms with Gasteiger partial charge in [0, 0.05) is 32.0 Å². The summed E-state index contributed by atoms with van der Waals surface area (Å²) >= 11 is 0. The Labute approximate surface area is 121 Å². The van der Waals surface area contributed by atoms with E-state index in [0.717, 1.165) is 13.0 Å². The van der Waals surface area contributed by atoms with E-state index in [1.165, 1.54) is 6.08 Å². The molecule has 20 heavy (non-hydrogen) atoms. The molecule has 0 spiro atoms. The Hall–Kier alpha value is -1.58. The Bertz CT molecular complexity index is 388. The molecule has 0 saturated carbocycles. The van der Waals surface area contributed by atoms with Gasteiger partial charge in [-0.3, -0.25) is 4.79 Å². The molecule has 1 fully saturated rings. The van der Waals surface area contributed by atoms with Crippen molar-refractivity contribution in [2.24, 2.45) is 5.92 Å². The fraction of sp³-hybridized carbons (Fsp3) is 0.562. The maximum atomic E-state index is 12.7. The van der Waals surface area contributed by atoms with Crippen LogP contribution in [0.3, 0.4) is 0 Å². The van der Waals surface area contributed by atoms with Crippen molar-refractivity contribution in [1.82, 2.24) is 4.90 Å². The van der Waals surface area contributed by atoms with E-state index in [1.54, 1.807) is 18.9 Å². The number of hydrogen-bond acceptors (Lipinski definition) is 2. The highest BCUT2D eigenvalue weighted by Gasteiger charge is 2.23. The minimum absolute atomic E-state index is 0.130. The number of nitrogens with zero attached hydrogens (tertiary/aromatic N) is 1. The summed E-state index contributed by atoms with van der Waals surface area (Å²) in [6, 6.07) is 0. The van der Waals surface area contributed by atoms with Gasteiger partial charge in [-0.15, -0.1) is 0 Å². The second-order valence-electron chi connectivity index (χ2n) is 4.72. The van der Waals surface area contributed by atoms with E-state index in [-0.39, 0.29) is 11.8 Å². The third-order valence-electron chi connectivity index (χ3n) is 2.94. The van der Waals surface area contributed by atoms with Crippen LogP contribution >= 0.6 is 0 Å². The van der Waals surface area contributed by atoms with Gasteiger partial charge in [0.05, 0.1) is 6.61 Å². The maximum Gasteiger partial charge on any atom is 0.222 e. The first-order valence-electron chi connectivity index (χ1n) is 6.99. The monoisotopic (exact) mass is 283 g/mol. The molecule has 0 aromatic heterocycles. The maximum absolute atomic E-state index is 12.7. The first kappa shape index (κ1) is 18.4. The quantitative estimate of drug-likeness (QED) is 0.566. The second kappa shape index (κ2) is 9.34. The molecule has 3 nitrogen and oxygen atoms in total. The van der Waals surface area contributed by atoms with E-state index in [9.17, 15) is 9.18 Å². The molecule has 0 aromatic rings. The molecule has 1 amide bonds. The Morgan fingerprint density at radius 3 is 2.55 bits per heavy atom. The summed E-state index contributed by atoms with van der Waals surface area (Å²) < 4.78 is 18.3. The van der Waals surface area contributed by atoms with Crippen LogP contribution in [-0.2, 0) is 9.53 Å². The molecule has 0 bridgehead atoms. The number of likely N-dealkylation sites (tertiary alicyclic amines) is 1. The molecular weight excluding hydrogens is 257 g/mol. The average molecular weight is 283 g/mol. The zero-order chi connectivity index (χ0) is 15.7. The van der Waals surface area contributed by atoms with Gasteiger partial charge < -0.3 is 9.64 Å². The Morgan fingerprint density at radius 2 is 2.10 bits per heavy atom. The van der Waals surface area contributed by atoms with Crippen LogP contribution in [-0.4, -0.2) is 31.0 Å². The van der Waals surface area contributed by atoms with Gasteiger partial charge in [0.1, 0.15) is 11.6 Å². The number of ether oxygens (including phenoxy) is 1. The van der Waals surface area contributed by atoms with Crippen molar-refractivity contribution in [2.45, 2.75) is 33.6 Å². The molecule has 1 aliphatic heterocycles. The van der Waals surface area contributed by atoms with Crippen LogP contribution in [0.4, 0.5) is 4.39 Å². The third kappa shape index (κ3) is 6.55. The van der Waals surface area contributed by atoms with Gasteiger partial charge in [-0.25, -0.2) is 4.39 Å². The lowest BCUT2D eigenvalue weighted by atomic mass is 9.97. The van der Waals surface area contributed by atoms with Gasteiger partial charge in [0.2, 0.25) is 5.91 Å². The molecule has 4 heteroatoms. The van der Waals surface area contributed by atoms with Gasteiger partial charge in [-0.05, 0) is 18.9 Å². The number of piperidine rings is 1. The van der Waals surface area contributed by atoms with Crippen molar-refractivity contribution in [3.63, 3.8) is 0 Å². The third-order valence-corrected chi connectivity index (χ3v) is 2.94. The first-order valence-corrected chi connectivity index (χ1v) is 6.99. The van der Waals surface area contributed by atoms with Crippen LogP contribution in [0.1, 0.15) is 33.6 Å². The minimum atomic E-state index is -0.563. The molecule has 0 aromatic carbocycles. The topological polar surface area (TPSA) is 29.5 Å².